The minimum Gasteiger partial charge on any atom is -0.508 e. The Kier molecular flexibility index (Phi) is 27.7. The van der Waals surface area contributed by atoms with Crippen LogP contribution in [0.3, 0.4) is 0 Å². The number of carboxylic acids is 2. The first-order valence-electron chi connectivity index (χ1n) is 38.0. The van der Waals surface area contributed by atoms with Crippen molar-refractivity contribution in [1.82, 2.24) is 42.5 Å². The van der Waals surface area contributed by atoms with E-state index in [1.807, 2.05) is 38.1 Å². The van der Waals surface area contributed by atoms with Crippen molar-refractivity contribution in [3.63, 3.8) is 0 Å². The fourth-order valence-electron chi connectivity index (χ4n) is 14.8. The van der Waals surface area contributed by atoms with Crippen LogP contribution in [0.1, 0.15) is 111 Å². The van der Waals surface area contributed by atoms with Crippen molar-refractivity contribution in [2.45, 2.75) is 169 Å². The molecular formula is C82H88Cl3N9O27. The van der Waals surface area contributed by atoms with Crippen molar-refractivity contribution < 1.29 is 132 Å². The number of carboxylic acid groups (broad SMARTS) is 2. The predicted molar refractivity (Wildman–Crippen MR) is 426 cm³/mol. The van der Waals surface area contributed by atoms with Gasteiger partial charge in [0.25, 0.3) is 0 Å². The summed E-state index contributed by atoms with van der Waals surface area (Å²) in [5.74, 6) is -17.9. The average molecular weight is 1740 g/mol. The Morgan fingerprint density at radius 2 is 1.26 bits per heavy atom. The molecule has 0 radical (unpaired) electrons. The van der Waals surface area contributed by atoms with Gasteiger partial charge in [-0.2, -0.15) is 0 Å². The Balaban J connectivity index is 1.01. The van der Waals surface area contributed by atoms with E-state index >= 15 is 14.4 Å². The summed E-state index contributed by atoms with van der Waals surface area (Å²) in [6.07, 6.45) is -21.5. The van der Waals surface area contributed by atoms with E-state index in [-0.39, 0.29) is 47.8 Å². The van der Waals surface area contributed by atoms with Gasteiger partial charge in [-0.3, -0.25) is 33.6 Å². The number of nitrogens with one attached hydrogen (secondary N) is 8. The molecule has 121 heavy (non-hydrogen) atoms. The van der Waals surface area contributed by atoms with E-state index in [1.165, 1.54) is 33.0 Å². The zero-order valence-corrected chi connectivity index (χ0v) is 67.3. The van der Waals surface area contributed by atoms with E-state index in [2.05, 4.69) is 42.5 Å². The maximum absolute atomic E-state index is 16.2. The van der Waals surface area contributed by atoms with Crippen LogP contribution in [0.25, 0.3) is 22.3 Å². The average Bonchev–Trinajstić information content (AvgIpc) is 0.766. The van der Waals surface area contributed by atoms with Gasteiger partial charge in [0.15, 0.2) is 36.0 Å². The SMILES string of the molecule is CN[C@H](CC(C)C)C(=O)NC1C(=O)N[C@@H](CC(N)=O)C(=O)N[C@H]2C(=O)NC3C(=O)N[C@H](C(=O)N[C@@H](C(=O)O)c4cc(O)cc(O)c4-c4cc3ccc4O)[C@H](O)c3ccc(c(Cl)c3)Oc3cc2cc(c3OC2OC(CO)C(O)C(O)C2OC2CC(C)(NCC(OCc3ccc(-c4ccc(Cl)cc4)cc3)C(=O)O)C(O)C(C)O2)Oc2ccc(cc2Cl)[C@H]1O. The van der Waals surface area contributed by atoms with E-state index in [1.54, 1.807) is 24.3 Å². The summed E-state index contributed by atoms with van der Waals surface area (Å²) in [7, 11) is 1.46. The molecule has 2 saturated heterocycles. The maximum Gasteiger partial charge on any atom is 0.334 e. The number of aliphatic hydroxyl groups is 6. The van der Waals surface area contributed by atoms with Crippen LogP contribution in [0, 0.1) is 5.92 Å². The highest BCUT2D eigenvalue weighted by atomic mass is 35.5. The third-order valence-corrected chi connectivity index (χ3v) is 22.1. The van der Waals surface area contributed by atoms with Crippen molar-refractivity contribution in [1.29, 1.82) is 0 Å². The lowest BCUT2D eigenvalue weighted by Crippen LogP contribution is -2.66. The highest BCUT2D eigenvalue weighted by molar-refractivity contribution is 6.32. The Bertz CT molecular complexity index is 5110. The van der Waals surface area contributed by atoms with Crippen molar-refractivity contribution >= 4 is 88.1 Å². The fraction of sp³-hybridized carbons (Fsp3) is 0.378. The normalized spacial score (nSPS) is 26.7. The smallest absolute Gasteiger partial charge is 0.334 e. The third-order valence-electron chi connectivity index (χ3n) is 21.3. The molecule has 36 nitrogen and oxygen atoms in total. The monoisotopic (exact) mass is 1740 g/mol. The minimum absolute atomic E-state index is 0.124. The van der Waals surface area contributed by atoms with Crippen LogP contribution in [0.2, 0.25) is 15.1 Å². The fourth-order valence-corrected chi connectivity index (χ4v) is 15.4. The quantitative estimate of drug-likeness (QED) is 0.0487. The number of hydrogen-bond acceptors (Lipinski definition) is 27. The number of aromatic hydroxyl groups is 3. The number of carbonyl (C=O) groups excluding carboxylic acids is 7. The van der Waals surface area contributed by atoms with Gasteiger partial charge >= 0.3 is 11.9 Å². The van der Waals surface area contributed by atoms with Gasteiger partial charge in [-0.05, 0) is 139 Å². The first-order chi connectivity index (χ1) is 57.4. The van der Waals surface area contributed by atoms with Gasteiger partial charge in [0, 0.05) is 46.3 Å². The number of primary amides is 1. The van der Waals surface area contributed by atoms with Crippen molar-refractivity contribution in [3.8, 4) is 68.2 Å². The van der Waals surface area contributed by atoms with Crippen LogP contribution in [0.5, 0.6) is 46.0 Å². The number of carbonyl (C=O) groups is 9. The van der Waals surface area contributed by atoms with Crippen molar-refractivity contribution in [2.24, 2.45) is 11.7 Å². The predicted octanol–water partition coefficient (Wildman–Crippen LogP) is 3.73. The van der Waals surface area contributed by atoms with Crippen LogP contribution in [-0.4, -0.2) is 215 Å². The number of rotatable bonds is 21. The maximum atomic E-state index is 16.2. The molecule has 7 heterocycles. The number of aliphatic hydroxyl groups excluding tert-OH is 6. The van der Waals surface area contributed by atoms with Crippen LogP contribution < -0.4 is 62.5 Å². The number of ether oxygens (including phenoxy) is 7. The zero-order valence-electron chi connectivity index (χ0n) is 65.0. The second-order valence-electron chi connectivity index (χ2n) is 30.3. The van der Waals surface area contributed by atoms with Gasteiger partial charge in [-0.1, -0.05) is 103 Å². The topological polar surface area (TPSA) is 563 Å². The second-order valence-corrected chi connectivity index (χ2v) is 31.6. The first kappa shape index (κ1) is 89.2. The molecule has 39 heteroatoms. The Morgan fingerprint density at radius 3 is 1.86 bits per heavy atom. The standard InChI is InChI=1S/C82H88Cl3N9O27/c1-33(2)20-48(87-5)73(105)93-64-66(100)39-13-18-52(46(84)22-39)117-54-24-41-25-55(70(54)121-81-71(69(103)68(102)57(31-95)119-81)120-59-29-82(4,72(104)34(3)116-59)88-30-56(79(111)112)115-32-35-6-8-36(9-7-35)37-10-15-42(83)16-11-37)118-53-19-14-40(23-47(53)85)67(101)65-78(110)92-63(80(113)114)45-26-43(96)27-51(98)60(45)44-21-38(12-17-50(44)97)61(75(107)94-65)91-76(108)62(41)90-74(106)49(28-58(86)99)89-77(64)109/h6-19,21-27,33-34,48-49,56-57,59,61-69,71-72,81,87-88,95-98,100-104H,20,28-32H2,1-5H3,(H2,86,99)(H,89,109)(H,90,106)(H,91,108)(H,92,110)(H,93,105)(H,94,107)(H,111,112)(H,113,114)/t34?,48-,49+,56?,57?,59?,61?,62-,63-,64?,65+,66-,67-,68?,69?,71?,72?,81?,82?/m1/s1. The van der Waals surface area contributed by atoms with Gasteiger partial charge < -0.3 is 138 Å². The number of hydrogen-bond donors (Lipinski definition) is 20. The Morgan fingerprint density at radius 1 is 0.661 bits per heavy atom. The summed E-state index contributed by atoms with van der Waals surface area (Å²) < 4.78 is 45.2. The van der Waals surface area contributed by atoms with E-state index in [0.29, 0.717) is 10.6 Å². The van der Waals surface area contributed by atoms with Crippen LogP contribution in [0.4, 0.5) is 0 Å². The number of benzene rings is 7. The Hall–Kier alpha value is -11.0. The number of amides is 7. The molecule has 0 aliphatic carbocycles. The molecule has 0 spiro atoms. The summed E-state index contributed by atoms with van der Waals surface area (Å²) in [6, 6.07) is 13.2. The van der Waals surface area contributed by atoms with Gasteiger partial charge in [0.2, 0.25) is 53.4 Å². The molecular weight excluding hydrogens is 1650 g/mol. The summed E-state index contributed by atoms with van der Waals surface area (Å²) in [4.78, 5) is 131. The lowest BCUT2D eigenvalue weighted by molar-refractivity contribution is -0.334. The highest BCUT2D eigenvalue weighted by Gasteiger charge is 2.53. The summed E-state index contributed by atoms with van der Waals surface area (Å²) in [5.41, 5.74) is 3.56. The van der Waals surface area contributed by atoms with Crippen LogP contribution in [0.15, 0.2) is 127 Å². The number of likely N-dealkylation sites (N-methyl/N-ethyl adjacent to an activating group) is 1. The molecule has 7 aliphatic heterocycles. The molecule has 7 aromatic carbocycles. The lowest BCUT2D eigenvalue weighted by Gasteiger charge is -2.48. The second kappa shape index (κ2) is 37.5. The third kappa shape index (κ3) is 20.0. The van der Waals surface area contributed by atoms with E-state index in [4.69, 9.17) is 73.7 Å². The number of aliphatic carboxylic acids is 2. The molecule has 0 saturated carbocycles. The van der Waals surface area contributed by atoms with Crippen LogP contribution in [-0.2, 0) is 68.7 Å². The molecule has 14 rings (SSSR count). The molecule has 644 valence electrons. The molecule has 19 atom stereocenters. The van der Waals surface area contributed by atoms with E-state index < -0.39 is 261 Å². The van der Waals surface area contributed by atoms with Gasteiger partial charge in [0.05, 0.1) is 47.9 Å². The molecule has 7 aliphatic rings. The first-order valence-corrected chi connectivity index (χ1v) is 39.2. The summed E-state index contributed by atoms with van der Waals surface area (Å²) >= 11 is 20.4. The van der Waals surface area contributed by atoms with Crippen LogP contribution >= 0.6 is 34.8 Å². The van der Waals surface area contributed by atoms with E-state index in [0.717, 1.165) is 77.9 Å². The summed E-state index contributed by atoms with van der Waals surface area (Å²) in [5, 5.41) is 147. The number of nitrogens with two attached hydrogens (primary N) is 1. The molecule has 2 fully saturated rings. The van der Waals surface area contributed by atoms with E-state index in [9.17, 15) is 84.9 Å². The summed E-state index contributed by atoms with van der Waals surface area (Å²) in [6.45, 7) is 4.98. The highest BCUT2D eigenvalue weighted by Crippen LogP contribution is 2.50. The Labute approximate surface area is 704 Å². The molecule has 0 aromatic heterocycles. The van der Waals surface area contributed by atoms with Gasteiger partial charge in [0.1, 0.15) is 89.5 Å². The molecule has 7 amide bonds. The minimum atomic E-state index is -2.40. The molecule has 11 bridgehead atoms. The van der Waals surface area contributed by atoms with Gasteiger partial charge in [-0.15, -0.1) is 0 Å². The largest absolute Gasteiger partial charge is 0.508 e. The molecule has 7 aromatic rings. The number of phenols is 3. The number of fused-ring (bicyclic) bond motifs is 15. The lowest BCUT2D eigenvalue weighted by atomic mass is 9.84. The van der Waals surface area contributed by atoms with Gasteiger partial charge in [-0.25, -0.2) is 9.59 Å². The van der Waals surface area contributed by atoms with Crippen molar-refractivity contribution in [3.05, 3.63) is 176 Å². The zero-order chi connectivity index (χ0) is 87.5. The number of halogens is 3. The number of phenolic OH excluding ortho intramolecular Hbond substituents is 3. The molecule has 21 N–H and O–H groups in total. The molecule has 12 unspecified atom stereocenters. The van der Waals surface area contributed by atoms with Crippen molar-refractivity contribution in [2.75, 3.05) is 20.2 Å².